The standard InChI is InChI=1S/C22H20F3N3O/c1-16-7-9-19(15-26-16)28(21(29)13-17-5-3-2-4-6-17)12-11-18-8-10-20(27-14-18)22(23,24)25/h2-10,14-15H,11-13H2,1H3. The normalized spacial score (nSPS) is 11.3. The summed E-state index contributed by atoms with van der Waals surface area (Å²) in [5.41, 5.74) is 2.06. The van der Waals surface area contributed by atoms with Crippen LogP contribution >= 0.6 is 0 Å². The number of nitrogens with zero attached hydrogens (tertiary/aromatic N) is 3. The van der Waals surface area contributed by atoms with Crippen LogP contribution in [0.4, 0.5) is 18.9 Å². The first-order valence-electron chi connectivity index (χ1n) is 9.12. The lowest BCUT2D eigenvalue weighted by atomic mass is 10.1. The van der Waals surface area contributed by atoms with E-state index < -0.39 is 11.9 Å². The third-order valence-electron chi connectivity index (χ3n) is 4.45. The van der Waals surface area contributed by atoms with Crippen LogP contribution < -0.4 is 4.90 Å². The van der Waals surface area contributed by atoms with Crippen molar-refractivity contribution in [3.63, 3.8) is 0 Å². The van der Waals surface area contributed by atoms with Crippen molar-refractivity contribution in [2.24, 2.45) is 0 Å². The summed E-state index contributed by atoms with van der Waals surface area (Å²) in [6.45, 7) is 2.16. The maximum atomic E-state index is 12.9. The average Bonchev–Trinajstić information content (AvgIpc) is 2.70. The lowest BCUT2D eigenvalue weighted by molar-refractivity contribution is -0.141. The lowest BCUT2D eigenvalue weighted by Gasteiger charge is -2.23. The number of hydrogen-bond acceptors (Lipinski definition) is 3. The van der Waals surface area contributed by atoms with Crippen LogP contribution in [0.2, 0.25) is 0 Å². The quantitative estimate of drug-likeness (QED) is 0.608. The van der Waals surface area contributed by atoms with Crippen LogP contribution in [0.25, 0.3) is 0 Å². The molecule has 150 valence electrons. The molecule has 4 nitrogen and oxygen atoms in total. The largest absolute Gasteiger partial charge is 0.433 e. The molecule has 3 rings (SSSR count). The summed E-state index contributed by atoms with van der Waals surface area (Å²) >= 11 is 0. The number of rotatable bonds is 6. The number of carbonyl (C=O) groups is 1. The number of pyridine rings is 2. The lowest BCUT2D eigenvalue weighted by Crippen LogP contribution is -2.34. The highest BCUT2D eigenvalue weighted by molar-refractivity contribution is 5.94. The third-order valence-corrected chi connectivity index (χ3v) is 4.45. The van der Waals surface area contributed by atoms with Crippen molar-refractivity contribution in [1.82, 2.24) is 9.97 Å². The molecule has 0 saturated carbocycles. The van der Waals surface area contributed by atoms with Crippen LogP contribution in [0.5, 0.6) is 0 Å². The highest BCUT2D eigenvalue weighted by atomic mass is 19.4. The summed E-state index contributed by atoms with van der Waals surface area (Å²) in [5.74, 6) is -0.110. The van der Waals surface area contributed by atoms with E-state index in [4.69, 9.17) is 0 Å². The van der Waals surface area contributed by atoms with Gasteiger partial charge in [-0.3, -0.25) is 14.8 Å². The van der Waals surface area contributed by atoms with Crippen LogP contribution in [0, 0.1) is 6.92 Å². The predicted octanol–water partition coefficient (Wildman–Crippen LogP) is 4.62. The maximum absolute atomic E-state index is 12.9. The third kappa shape index (κ3) is 5.63. The Bertz CT molecular complexity index is 940. The van der Waals surface area contributed by atoms with Gasteiger partial charge in [0, 0.05) is 18.4 Å². The van der Waals surface area contributed by atoms with Gasteiger partial charge in [0.2, 0.25) is 5.91 Å². The molecule has 0 N–H and O–H groups in total. The van der Waals surface area contributed by atoms with Crippen molar-refractivity contribution >= 4 is 11.6 Å². The number of carbonyl (C=O) groups excluding carboxylic acids is 1. The smallest absolute Gasteiger partial charge is 0.310 e. The molecule has 7 heteroatoms. The van der Waals surface area contributed by atoms with Crippen molar-refractivity contribution in [3.05, 3.63) is 89.5 Å². The second kappa shape index (κ2) is 8.86. The molecule has 0 unspecified atom stereocenters. The predicted molar refractivity (Wildman–Crippen MR) is 104 cm³/mol. The number of hydrogen-bond donors (Lipinski definition) is 0. The van der Waals surface area contributed by atoms with Crippen molar-refractivity contribution < 1.29 is 18.0 Å². The van der Waals surface area contributed by atoms with E-state index in [0.717, 1.165) is 17.3 Å². The minimum atomic E-state index is -4.47. The van der Waals surface area contributed by atoms with Crippen molar-refractivity contribution in [2.75, 3.05) is 11.4 Å². The van der Waals surface area contributed by atoms with E-state index in [-0.39, 0.29) is 12.3 Å². The second-order valence-electron chi connectivity index (χ2n) is 6.66. The Morgan fingerprint density at radius 3 is 2.28 bits per heavy atom. The van der Waals surface area contributed by atoms with E-state index in [1.165, 1.54) is 12.3 Å². The number of alkyl halides is 3. The minimum Gasteiger partial charge on any atom is -0.310 e. The number of halogens is 3. The molecular formula is C22H20F3N3O. The van der Waals surface area contributed by atoms with E-state index in [0.29, 0.717) is 24.2 Å². The van der Waals surface area contributed by atoms with Gasteiger partial charge in [-0.05, 0) is 42.7 Å². The molecule has 29 heavy (non-hydrogen) atoms. The first kappa shape index (κ1) is 20.5. The van der Waals surface area contributed by atoms with Gasteiger partial charge in [0.05, 0.1) is 18.3 Å². The number of amides is 1. The van der Waals surface area contributed by atoms with Gasteiger partial charge in [-0.1, -0.05) is 36.4 Å². The van der Waals surface area contributed by atoms with Gasteiger partial charge in [0.15, 0.2) is 0 Å². The van der Waals surface area contributed by atoms with E-state index in [1.54, 1.807) is 11.1 Å². The molecule has 0 spiro atoms. The van der Waals surface area contributed by atoms with Crippen LogP contribution in [0.15, 0.2) is 67.0 Å². The van der Waals surface area contributed by atoms with E-state index in [1.807, 2.05) is 49.4 Å². The molecule has 0 aliphatic rings. The Labute approximate surface area is 167 Å². The zero-order chi connectivity index (χ0) is 20.9. The SMILES string of the molecule is Cc1ccc(N(CCc2ccc(C(F)(F)F)nc2)C(=O)Cc2ccccc2)cn1. The Hall–Kier alpha value is -3.22. The van der Waals surface area contributed by atoms with Crippen LogP contribution in [-0.2, 0) is 23.8 Å². The first-order chi connectivity index (χ1) is 13.8. The fraction of sp³-hybridized carbons (Fsp3) is 0.227. The molecular weight excluding hydrogens is 379 g/mol. The van der Waals surface area contributed by atoms with E-state index >= 15 is 0 Å². The highest BCUT2D eigenvalue weighted by Crippen LogP contribution is 2.27. The molecule has 0 saturated heterocycles. The summed E-state index contributed by atoms with van der Waals surface area (Å²) in [5, 5.41) is 0. The Morgan fingerprint density at radius 2 is 1.69 bits per heavy atom. The van der Waals surface area contributed by atoms with Gasteiger partial charge in [-0.15, -0.1) is 0 Å². The Morgan fingerprint density at radius 1 is 0.931 bits per heavy atom. The monoisotopic (exact) mass is 399 g/mol. The van der Waals surface area contributed by atoms with Gasteiger partial charge in [-0.25, -0.2) is 0 Å². The Kier molecular flexibility index (Phi) is 6.26. The number of anilines is 1. The summed E-state index contributed by atoms with van der Waals surface area (Å²) in [7, 11) is 0. The summed E-state index contributed by atoms with van der Waals surface area (Å²) in [4.78, 5) is 22.3. The molecule has 0 aliphatic heterocycles. The summed E-state index contributed by atoms with van der Waals surface area (Å²) in [6, 6.07) is 15.4. The van der Waals surface area contributed by atoms with Gasteiger partial charge in [0.1, 0.15) is 5.69 Å². The van der Waals surface area contributed by atoms with Gasteiger partial charge in [0.25, 0.3) is 0 Å². The van der Waals surface area contributed by atoms with Gasteiger partial charge in [-0.2, -0.15) is 13.2 Å². The molecule has 1 aromatic carbocycles. The number of aromatic nitrogens is 2. The molecule has 0 fully saturated rings. The molecule has 2 heterocycles. The average molecular weight is 399 g/mol. The minimum absolute atomic E-state index is 0.110. The van der Waals surface area contributed by atoms with Crippen LogP contribution in [-0.4, -0.2) is 22.4 Å². The molecule has 0 atom stereocenters. The van der Waals surface area contributed by atoms with Crippen molar-refractivity contribution in [2.45, 2.75) is 25.9 Å². The molecule has 0 radical (unpaired) electrons. The molecule has 0 aliphatic carbocycles. The highest BCUT2D eigenvalue weighted by Gasteiger charge is 2.32. The zero-order valence-corrected chi connectivity index (χ0v) is 15.9. The Balaban J connectivity index is 1.76. The zero-order valence-electron chi connectivity index (χ0n) is 15.9. The fourth-order valence-corrected chi connectivity index (χ4v) is 2.86. The van der Waals surface area contributed by atoms with Gasteiger partial charge >= 0.3 is 6.18 Å². The molecule has 3 aromatic rings. The molecule has 1 amide bonds. The van der Waals surface area contributed by atoms with Crippen molar-refractivity contribution in [1.29, 1.82) is 0 Å². The first-order valence-corrected chi connectivity index (χ1v) is 9.12. The van der Waals surface area contributed by atoms with E-state index in [2.05, 4.69) is 9.97 Å². The maximum Gasteiger partial charge on any atom is 0.433 e. The topological polar surface area (TPSA) is 46.1 Å². The second-order valence-corrected chi connectivity index (χ2v) is 6.66. The summed E-state index contributed by atoms with van der Waals surface area (Å²) in [6.07, 6.45) is -1.04. The van der Waals surface area contributed by atoms with E-state index in [9.17, 15) is 18.0 Å². The number of aryl methyl sites for hydroxylation is 1. The molecule has 2 aromatic heterocycles. The number of benzene rings is 1. The van der Waals surface area contributed by atoms with Crippen molar-refractivity contribution in [3.8, 4) is 0 Å². The summed E-state index contributed by atoms with van der Waals surface area (Å²) < 4.78 is 38.0. The van der Waals surface area contributed by atoms with Gasteiger partial charge < -0.3 is 4.90 Å². The van der Waals surface area contributed by atoms with Crippen LogP contribution in [0.3, 0.4) is 0 Å². The molecule has 0 bridgehead atoms. The fourth-order valence-electron chi connectivity index (χ4n) is 2.86. The van der Waals surface area contributed by atoms with Crippen LogP contribution in [0.1, 0.15) is 22.5 Å².